The van der Waals surface area contributed by atoms with Crippen LogP contribution in [0, 0.1) is 17.8 Å². The molecule has 0 spiro atoms. The van der Waals surface area contributed by atoms with Crippen LogP contribution in [0.15, 0.2) is 0 Å². The lowest BCUT2D eigenvalue weighted by molar-refractivity contribution is -0.142. The Morgan fingerprint density at radius 2 is 1.88 bits per heavy atom. The van der Waals surface area contributed by atoms with E-state index in [1.54, 1.807) is 0 Å². The van der Waals surface area contributed by atoms with Crippen molar-refractivity contribution >= 4 is 23.4 Å². The Morgan fingerprint density at radius 3 is 2.29 bits per heavy atom. The van der Waals surface area contributed by atoms with Crippen LogP contribution in [0.3, 0.4) is 0 Å². The highest BCUT2D eigenvalue weighted by Gasteiger charge is 2.52. The van der Waals surface area contributed by atoms with Crippen LogP contribution in [-0.2, 0) is 9.59 Å². The van der Waals surface area contributed by atoms with Crippen molar-refractivity contribution in [3.05, 3.63) is 0 Å². The number of likely N-dealkylation sites (tertiary alicyclic amines) is 1. The monoisotopic (exact) mass is 259 g/mol. The van der Waals surface area contributed by atoms with E-state index in [4.69, 9.17) is 11.6 Å². The number of alkyl halides is 1. The summed E-state index contributed by atoms with van der Waals surface area (Å²) in [6.45, 7) is 2.14. The fourth-order valence-electron chi connectivity index (χ4n) is 2.97. The Hall–Kier alpha value is -0.610. The lowest BCUT2D eigenvalue weighted by Gasteiger charge is -2.19. The Bertz CT molecular complexity index is 310. The zero-order valence-electron chi connectivity index (χ0n) is 9.93. The van der Waals surface area contributed by atoms with Crippen molar-refractivity contribution in [1.29, 1.82) is 0 Å². The number of nitrogens with zero attached hydrogens (tertiary/aromatic N) is 1. The quantitative estimate of drug-likeness (QED) is 0.606. The Balaban J connectivity index is 2.06. The number of imide groups is 1. The number of β-amino-alcohol motifs (C(OH)–C–C–N with tert-alkyl or cyclic N) is 1. The van der Waals surface area contributed by atoms with Crippen molar-refractivity contribution in [2.24, 2.45) is 17.8 Å². The van der Waals surface area contributed by atoms with Gasteiger partial charge in [0.05, 0.1) is 30.4 Å². The van der Waals surface area contributed by atoms with Gasteiger partial charge in [0, 0.05) is 0 Å². The molecule has 2 aliphatic rings. The lowest BCUT2D eigenvalue weighted by atomic mass is 10.00. The summed E-state index contributed by atoms with van der Waals surface area (Å²) >= 11 is 5.49. The van der Waals surface area contributed by atoms with Gasteiger partial charge in [-0.15, -0.1) is 11.6 Å². The molecule has 1 aliphatic heterocycles. The standard InChI is InChI=1S/C12H18ClNO3/c1-2-7-3-9-10(4-7)12(17)14(11(9)16)6-8(15)5-13/h7-10,15H,2-6H2,1H3. The van der Waals surface area contributed by atoms with Crippen molar-refractivity contribution in [2.75, 3.05) is 12.4 Å². The van der Waals surface area contributed by atoms with Gasteiger partial charge in [-0.3, -0.25) is 14.5 Å². The summed E-state index contributed by atoms with van der Waals surface area (Å²) in [5, 5.41) is 9.44. The van der Waals surface area contributed by atoms with Gasteiger partial charge in [-0.05, 0) is 18.8 Å². The van der Waals surface area contributed by atoms with Crippen LogP contribution in [0.1, 0.15) is 26.2 Å². The number of amides is 2. The second kappa shape index (κ2) is 4.94. The van der Waals surface area contributed by atoms with Gasteiger partial charge in [-0.25, -0.2) is 0 Å². The van der Waals surface area contributed by atoms with Gasteiger partial charge in [0.1, 0.15) is 0 Å². The number of aliphatic hydroxyl groups is 1. The van der Waals surface area contributed by atoms with E-state index in [0.29, 0.717) is 5.92 Å². The number of carbonyl (C=O) groups excluding carboxylic acids is 2. The average molecular weight is 260 g/mol. The fourth-order valence-corrected chi connectivity index (χ4v) is 3.07. The first-order valence-corrected chi connectivity index (χ1v) is 6.71. The average Bonchev–Trinajstić information content (AvgIpc) is 2.85. The van der Waals surface area contributed by atoms with E-state index in [1.807, 2.05) is 0 Å². The third-order valence-corrected chi connectivity index (χ3v) is 4.33. The van der Waals surface area contributed by atoms with Crippen LogP contribution in [-0.4, -0.2) is 40.3 Å². The minimum Gasteiger partial charge on any atom is -0.390 e. The van der Waals surface area contributed by atoms with Gasteiger partial charge in [0.15, 0.2) is 0 Å². The molecule has 96 valence electrons. The van der Waals surface area contributed by atoms with E-state index >= 15 is 0 Å². The Morgan fingerprint density at radius 1 is 1.35 bits per heavy atom. The second-order valence-electron chi connectivity index (χ2n) is 5.05. The van der Waals surface area contributed by atoms with Crippen LogP contribution < -0.4 is 0 Å². The minimum absolute atomic E-state index is 0.0456. The molecule has 0 aromatic carbocycles. The van der Waals surface area contributed by atoms with Crippen molar-refractivity contribution in [3.63, 3.8) is 0 Å². The van der Waals surface area contributed by atoms with Gasteiger partial charge in [0.2, 0.25) is 11.8 Å². The van der Waals surface area contributed by atoms with Gasteiger partial charge < -0.3 is 5.11 Å². The number of halogens is 1. The SMILES string of the molecule is CCC1CC2C(=O)N(CC(O)CCl)C(=O)C2C1. The van der Waals surface area contributed by atoms with Crippen molar-refractivity contribution in [1.82, 2.24) is 4.90 Å². The van der Waals surface area contributed by atoms with Crippen LogP contribution in [0.4, 0.5) is 0 Å². The van der Waals surface area contributed by atoms with E-state index in [0.717, 1.165) is 19.3 Å². The molecular weight excluding hydrogens is 242 g/mol. The third kappa shape index (κ3) is 2.20. The first kappa shape index (κ1) is 12.8. The van der Waals surface area contributed by atoms with Crippen LogP contribution >= 0.6 is 11.6 Å². The molecule has 5 heteroatoms. The molecule has 2 fully saturated rings. The molecule has 0 aromatic rings. The number of hydrogen-bond acceptors (Lipinski definition) is 3. The topological polar surface area (TPSA) is 57.6 Å². The Labute approximate surface area is 106 Å². The smallest absolute Gasteiger partial charge is 0.233 e. The summed E-state index contributed by atoms with van der Waals surface area (Å²) in [5.74, 6) is 0.0347. The molecule has 1 saturated heterocycles. The van der Waals surface area contributed by atoms with E-state index in [2.05, 4.69) is 6.92 Å². The molecule has 1 heterocycles. The highest BCUT2D eigenvalue weighted by molar-refractivity contribution is 6.18. The maximum absolute atomic E-state index is 12.1. The summed E-state index contributed by atoms with van der Waals surface area (Å²) in [7, 11) is 0. The van der Waals surface area contributed by atoms with Crippen LogP contribution in [0.2, 0.25) is 0 Å². The minimum atomic E-state index is -0.814. The number of carbonyl (C=O) groups is 2. The van der Waals surface area contributed by atoms with E-state index < -0.39 is 6.10 Å². The highest BCUT2D eigenvalue weighted by atomic mass is 35.5. The van der Waals surface area contributed by atoms with Crippen molar-refractivity contribution in [3.8, 4) is 0 Å². The lowest BCUT2D eigenvalue weighted by Crippen LogP contribution is -2.39. The molecule has 4 nitrogen and oxygen atoms in total. The number of aliphatic hydroxyl groups excluding tert-OH is 1. The molecule has 3 atom stereocenters. The molecular formula is C12H18ClNO3. The van der Waals surface area contributed by atoms with Gasteiger partial charge in [0.25, 0.3) is 0 Å². The molecule has 2 amide bonds. The number of fused-ring (bicyclic) bond motifs is 1. The van der Waals surface area contributed by atoms with Gasteiger partial charge in [-0.2, -0.15) is 0 Å². The predicted molar refractivity (Wildman–Crippen MR) is 63.4 cm³/mol. The molecule has 3 unspecified atom stereocenters. The summed E-state index contributed by atoms with van der Waals surface area (Å²) in [5.41, 5.74) is 0. The highest BCUT2D eigenvalue weighted by Crippen LogP contribution is 2.44. The molecule has 1 saturated carbocycles. The third-order valence-electron chi connectivity index (χ3n) is 3.98. The first-order valence-electron chi connectivity index (χ1n) is 6.17. The van der Waals surface area contributed by atoms with Gasteiger partial charge in [-0.1, -0.05) is 13.3 Å². The summed E-state index contributed by atoms with van der Waals surface area (Å²) in [6.07, 6.45) is 1.85. The molecule has 17 heavy (non-hydrogen) atoms. The maximum Gasteiger partial charge on any atom is 0.233 e. The van der Waals surface area contributed by atoms with Crippen LogP contribution in [0.5, 0.6) is 0 Å². The molecule has 0 bridgehead atoms. The number of rotatable bonds is 4. The van der Waals surface area contributed by atoms with Crippen molar-refractivity contribution in [2.45, 2.75) is 32.3 Å². The van der Waals surface area contributed by atoms with E-state index in [1.165, 1.54) is 4.90 Å². The Kier molecular flexibility index (Phi) is 3.73. The fraction of sp³-hybridized carbons (Fsp3) is 0.833. The number of hydrogen-bond donors (Lipinski definition) is 1. The molecule has 1 N–H and O–H groups in total. The summed E-state index contributed by atoms with van der Waals surface area (Å²) in [4.78, 5) is 25.3. The zero-order valence-corrected chi connectivity index (χ0v) is 10.7. The van der Waals surface area contributed by atoms with Gasteiger partial charge >= 0.3 is 0 Å². The second-order valence-corrected chi connectivity index (χ2v) is 5.36. The normalized spacial score (nSPS) is 34.3. The molecule has 0 radical (unpaired) electrons. The van der Waals surface area contributed by atoms with E-state index in [-0.39, 0.29) is 36.1 Å². The molecule has 2 rings (SSSR count). The summed E-state index contributed by atoms with van der Waals surface area (Å²) < 4.78 is 0. The zero-order chi connectivity index (χ0) is 12.6. The van der Waals surface area contributed by atoms with Crippen LogP contribution in [0.25, 0.3) is 0 Å². The van der Waals surface area contributed by atoms with E-state index in [9.17, 15) is 14.7 Å². The molecule has 1 aliphatic carbocycles. The summed E-state index contributed by atoms with van der Waals surface area (Å²) in [6, 6.07) is 0. The maximum atomic E-state index is 12.1. The first-order chi connectivity index (χ1) is 8.08. The predicted octanol–water partition coefficient (Wildman–Crippen LogP) is 1.01. The van der Waals surface area contributed by atoms with Crippen molar-refractivity contribution < 1.29 is 14.7 Å². The molecule has 0 aromatic heterocycles. The largest absolute Gasteiger partial charge is 0.390 e.